The molecule has 3 rings (SSSR count). The zero-order valence-corrected chi connectivity index (χ0v) is 15.5. The second kappa shape index (κ2) is 8.10. The molecule has 0 radical (unpaired) electrons. The molecule has 0 aliphatic carbocycles. The Kier molecular flexibility index (Phi) is 5.63. The second-order valence-electron chi connectivity index (χ2n) is 6.72. The molecule has 136 valence electrons. The summed E-state index contributed by atoms with van der Waals surface area (Å²) in [5.74, 6) is 0.935. The summed E-state index contributed by atoms with van der Waals surface area (Å²) >= 11 is 0. The van der Waals surface area contributed by atoms with Crippen LogP contribution in [0.2, 0.25) is 0 Å². The Labute approximate surface area is 153 Å². The Morgan fingerprint density at radius 1 is 1.19 bits per heavy atom. The zero-order valence-electron chi connectivity index (χ0n) is 15.5. The maximum absolute atomic E-state index is 12.7. The monoisotopic (exact) mass is 351 g/mol. The number of carbonyl (C=O) groups is 1. The third-order valence-electron chi connectivity index (χ3n) is 4.38. The second-order valence-corrected chi connectivity index (χ2v) is 6.72. The molecule has 6 nitrogen and oxygen atoms in total. The molecule has 0 saturated carbocycles. The number of aromatic nitrogens is 3. The number of hydrogen-bond acceptors (Lipinski definition) is 4. The van der Waals surface area contributed by atoms with Crippen molar-refractivity contribution >= 4 is 11.6 Å². The lowest BCUT2D eigenvalue weighted by molar-refractivity contribution is -0.125. The Hall–Kier alpha value is -2.73. The van der Waals surface area contributed by atoms with Crippen molar-refractivity contribution in [1.29, 1.82) is 0 Å². The molecule has 26 heavy (non-hydrogen) atoms. The molecule has 0 spiro atoms. The highest BCUT2D eigenvalue weighted by molar-refractivity contribution is 5.83. The SMILES string of the molecule is Cc1cccc([C@H](C(=O)NCCCc2nnc3ccccn23)N(C)C)c1. The molecule has 1 aromatic carbocycles. The van der Waals surface area contributed by atoms with Crippen LogP contribution in [-0.4, -0.2) is 46.0 Å². The molecule has 0 aliphatic heterocycles. The number of rotatable bonds is 7. The van der Waals surface area contributed by atoms with Crippen molar-refractivity contribution in [2.75, 3.05) is 20.6 Å². The van der Waals surface area contributed by atoms with Crippen LogP contribution in [-0.2, 0) is 11.2 Å². The number of benzene rings is 1. The highest BCUT2D eigenvalue weighted by atomic mass is 16.2. The average molecular weight is 351 g/mol. The summed E-state index contributed by atoms with van der Waals surface area (Å²) in [7, 11) is 3.85. The summed E-state index contributed by atoms with van der Waals surface area (Å²) in [5, 5.41) is 11.4. The van der Waals surface area contributed by atoms with Gasteiger partial charge in [-0.2, -0.15) is 0 Å². The van der Waals surface area contributed by atoms with Gasteiger partial charge in [0.25, 0.3) is 0 Å². The van der Waals surface area contributed by atoms with Crippen LogP contribution in [0.3, 0.4) is 0 Å². The Morgan fingerprint density at radius 3 is 2.81 bits per heavy atom. The lowest BCUT2D eigenvalue weighted by Crippen LogP contribution is -2.37. The number of aryl methyl sites for hydroxylation is 2. The third kappa shape index (κ3) is 4.08. The van der Waals surface area contributed by atoms with E-state index in [9.17, 15) is 4.79 Å². The molecule has 3 aromatic rings. The maximum Gasteiger partial charge on any atom is 0.241 e. The predicted octanol–water partition coefficient (Wildman–Crippen LogP) is 2.39. The Bertz CT molecular complexity index is 887. The van der Waals surface area contributed by atoms with E-state index in [-0.39, 0.29) is 11.9 Å². The molecule has 2 aromatic heterocycles. The molecular weight excluding hydrogens is 326 g/mol. The molecule has 1 amide bonds. The van der Waals surface area contributed by atoms with Crippen molar-refractivity contribution in [3.05, 3.63) is 65.6 Å². The third-order valence-corrected chi connectivity index (χ3v) is 4.38. The van der Waals surface area contributed by atoms with Gasteiger partial charge in [-0.05, 0) is 45.1 Å². The van der Waals surface area contributed by atoms with Gasteiger partial charge in [-0.25, -0.2) is 0 Å². The van der Waals surface area contributed by atoms with Gasteiger partial charge in [0.1, 0.15) is 11.9 Å². The lowest BCUT2D eigenvalue weighted by Gasteiger charge is -2.24. The van der Waals surface area contributed by atoms with Crippen molar-refractivity contribution in [2.45, 2.75) is 25.8 Å². The highest BCUT2D eigenvalue weighted by Gasteiger charge is 2.22. The van der Waals surface area contributed by atoms with Crippen LogP contribution in [0.25, 0.3) is 5.65 Å². The fourth-order valence-corrected chi connectivity index (χ4v) is 3.14. The van der Waals surface area contributed by atoms with Gasteiger partial charge in [0.05, 0.1) is 0 Å². The van der Waals surface area contributed by atoms with E-state index >= 15 is 0 Å². The van der Waals surface area contributed by atoms with Crippen LogP contribution in [0.15, 0.2) is 48.7 Å². The number of nitrogens with one attached hydrogen (secondary N) is 1. The number of nitrogens with zero attached hydrogens (tertiary/aromatic N) is 4. The van der Waals surface area contributed by atoms with Crippen LogP contribution in [0.5, 0.6) is 0 Å². The molecule has 0 unspecified atom stereocenters. The molecule has 0 fully saturated rings. The Morgan fingerprint density at radius 2 is 2.04 bits per heavy atom. The fourth-order valence-electron chi connectivity index (χ4n) is 3.14. The summed E-state index contributed by atoms with van der Waals surface area (Å²) in [6.07, 6.45) is 3.54. The topological polar surface area (TPSA) is 62.5 Å². The van der Waals surface area contributed by atoms with Gasteiger partial charge in [-0.1, -0.05) is 35.9 Å². The van der Waals surface area contributed by atoms with E-state index in [0.29, 0.717) is 6.54 Å². The van der Waals surface area contributed by atoms with Gasteiger partial charge in [0.15, 0.2) is 5.65 Å². The van der Waals surface area contributed by atoms with Gasteiger partial charge in [0.2, 0.25) is 5.91 Å². The first-order valence-electron chi connectivity index (χ1n) is 8.85. The summed E-state index contributed by atoms with van der Waals surface area (Å²) in [5.41, 5.74) is 3.01. The predicted molar refractivity (Wildman–Crippen MR) is 102 cm³/mol. The summed E-state index contributed by atoms with van der Waals surface area (Å²) in [6.45, 7) is 2.65. The summed E-state index contributed by atoms with van der Waals surface area (Å²) < 4.78 is 1.98. The van der Waals surface area contributed by atoms with E-state index in [0.717, 1.165) is 35.4 Å². The molecule has 6 heteroatoms. The number of fused-ring (bicyclic) bond motifs is 1. The maximum atomic E-state index is 12.7. The smallest absolute Gasteiger partial charge is 0.241 e. The van der Waals surface area contributed by atoms with Crippen molar-refractivity contribution in [3.8, 4) is 0 Å². The summed E-state index contributed by atoms with van der Waals surface area (Å²) in [6, 6.07) is 13.6. The van der Waals surface area contributed by atoms with Crippen molar-refractivity contribution in [1.82, 2.24) is 24.8 Å². The first-order valence-corrected chi connectivity index (χ1v) is 8.85. The largest absolute Gasteiger partial charge is 0.354 e. The molecule has 2 heterocycles. The van der Waals surface area contributed by atoms with Gasteiger partial charge >= 0.3 is 0 Å². The van der Waals surface area contributed by atoms with Gasteiger partial charge in [-0.3, -0.25) is 14.1 Å². The van der Waals surface area contributed by atoms with Crippen molar-refractivity contribution < 1.29 is 4.79 Å². The normalized spacial score (nSPS) is 12.5. The van der Waals surface area contributed by atoms with Crippen LogP contribution in [0, 0.1) is 6.92 Å². The average Bonchev–Trinajstić information content (AvgIpc) is 3.02. The van der Waals surface area contributed by atoms with E-state index in [2.05, 4.69) is 21.6 Å². The highest BCUT2D eigenvalue weighted by Crippen LogP contribution is 2.19. The first-order chi connectivity index (χ1) is 12.6. The minimum atomic E-state index is -0.288. The molecule has 1 atom stereocenters. The molecule has 0 saturated heterocycles. The Balaban J connectivity index is 1.57. The van der Waals surface area contributed by atoms with Gasteiger partial charge < -0.3 is 5.32 Å². The number of amides is 1. The minimum Gasteiger partial charge on any atom is -0.354 e. The lowest BCUT2D eigenvalue weighted by atomic mass is 10.0. The molecular formula is C20H25N5O. The quantitative estimate of drug-likeness (QED) is 0.664. The first kappa shape index (κ1) is 18.1. The molecule has 0 aliphatic rings. The minimum absolute atomic E-state index is 0.0201. The number of pyridine rings is 1. The van der Waals surface area contributed by atoms with E-state index in [1.165, 1.54) is 0 Å². The van der Waals surface area contributed by atoms with Crippen LogP contribution in [0.4, 0.5) is 0 Å². The van der Waals surface area contributed by atoms with Crippen LogP contribution < -0.4 is 5.32 Å². The molecule has 0 bridgehead atoms. The van der Waals surface area contributed by atoms with E-state index < -0.39 is 0 Å². The number of hydrogen-bond donors (Lipinski definition) is 1. The number of likely N-dealkylation sites (N-methyl/N-ethyl adjacent to an activating group) is 1. The van der Waals surface area contributed by atoms with E-state index in [4.69, 9.17) is 0 Å². The standard InChI is InChI=1S/C20H25N5O/c1-15-8-6-9-16(14-15)19(24(2)3)20(26)21-12-7-11-18-23-22-17-10-4-5-13-25(17)18/h4-6,8-10,13-14,19H,7,11-12H2,1-3H3,(H,21,26)/t19-/m1/s1. The van der Waals surface area contributed by atoms with Gasteiger partial charge in [0, 0.05) is 19.2 Å². The van der Waals surface area contributed by atoms with Crippen molar-refractivity contribution in [3.63, 3.8) is 0 Å². The van der Waals surface area contributed by atoms with E-state index in [1.807, 2.05) is 72.9 Å². The van der Waals surface area contributed by atoms with Gasteiger partial charge in [-0.15, -0.1) is 10.2 Å². The van der Waals surface area contributed by atoms with Crippen LogP contribution in [0.1, 0.15) is 29.4 Å². The molecule has 1 N–H and O–H groups in total. The van der Waals surface area contributed by atoms with Crippen LogP contribution >= 0.6 is 0 Å². The van der Waals surface area contributed by atoms with E-state index in [1.54, 1.807) is 0 Å². The zero-order chi connectivity index (χ0) is 18.5. The fraction of sp³-hybridized carbons (Fsp3) is 0.350. The van der Waals surface area contributed by atoms with Crippen molar-refractivity contribution in [2.24, 2.45) is 0 Å². The number of carbonyl (C=O) groups excluding carboxylic acids is 1. The summed E-state index contributed by atoms with van der Waals surface area (Å²) in [4.78, 5) is 14.6.